The van der Waals surface area contributed by atoms with Crippen molar-refractivity contribution in [2.75, 3.05) is 19.5 Å². The summed E-state index contributed by atoms with van der Waals surface area (Å²) in [4.78, 5) is 0. The van der Waals surface area contributed by atoms with Gasteiger partial charge in [-0.2, -0.15) is 5.10 Å². The molecule has 9 heteroatoms. The minimum absolute atomic E-state index is 0.571. The fourth-order valence-electron chi connectivity index (χ4n) is 3.09. The summed E-state index contributed by atoms with van der Waals surface area (Å²) in [6.07, 6.45) is 3.42. The maximum Gasteiger partial charge on any atom is 0.160 e. The van der Waals surface area contributed by atoms with Crippen molar-refractivity contribution < 1.29 is 9.47 Å². The zero-order chi connectivity index (χ0) is 20.9. The molecule has 0 aliphatic carbocycles. The Morgan fingerprint density at radius 2 is 1.83 bits per heavy atom. The topological polar surface area (TPSA) is 86.5 Å². The van der Waals surface area contributed by atoms with Gasteiger partial charge in [-0.05, 0) is 58.7 Å². The summed E-state index contributed by atoms with van der Waals surface area (Å²) in [5.74, 6) is 3.11. The summed E-state index contributed by atoms with van der Waals surface area (Å²) < 4.78 is 13.6. The minimum Gasteiger partial charge on any atom is -0.497 e. The highest BCUT2D eigenvalue weighted by Gasteiger charge is 2.08. The second-order valence-electron chi connectivity index (χ2n) is 6.63. The van der Waals surface area contributed by atoms with Gasteiger partial charge in [0.05, 0.1) is 19.9 Å². The first-order valence-corrected chi connectivity index (χ1v) is 10.2. The number of methoxy groups -OCH3 is 2. The van der Waals surface area contributed by atoms with Crippen molar-refractivity contribution in [3.63, 3.8) is 0 Å². The van der Waals surface area contributed by atoms with E-state index in [1.807, 2.05) is 53.1 Å². The average Bonchev–Trinajstić information content (AvgIpc) is 3.18. The lowest BCUT2D eigenvalue weighted by Crippen LogP contribution is -2.06. The number of rotatable bonds is 8. The molecule has 30 heavy (non-hydrogen) atoms. The van der Waals surface area contributed by atoms with Crippen LogP contribution in [0.2, 0.25) is 0 Å². The number of hydrogen-bond acceptors (Lipinski definition) is 7. The Morgan fingerprint density at radius 3 is 2.60 bits per heavy atom. The van der Waals surface area contributed by atoms with Crippen LogP contribution in [0.3, 0.4) is 0 Å². The fraction of sp³-hybridized carbons (Fsp3) is 0.238. The van der Waals surface area contributed by atoms with E-state index in [1.165, 1.54) is 0 Å². The molecule has 0 radical (unpaired) electrons. The summed E-state index contributed by atoms with van der Waals surface area (Å²) in [6.45, 7) is 0.571. The molecule has 0 spiro atoms. The van der Waals surface area contributed by atoms with Gasteiger partial charge in [0.25, 0.3) is 0 Å². The number of nitrogens with one attached hydrogen (secondary N) is 1. The molecule has 3 aromatic heterocycles. The van der Waals surface area contributed by atoms with Crippen LogP contribution in [0.4, 0.5) is 5.82 Å². The highest BCUT2D eigenvalue weighted by atomic mass is 79.9. The van der Waals surface area contributed by atoms with Crippen molar-refractivity contribution in [1.82, 2.24) is 24.8 Å². The number of halogens is 1. The van der Waals surface area contributed by atoms with Crippen LogP contribution in [0.15, 0.2) is 53.1 Å². The van der Waals surface area contributed by atoms with Crippen molar-refractivity contribution >= 4 is 27.4 Å². The molecule has 3 heterocycles. The first-order valence-electron chi connectivity index (χ1n) is 9.43. The van der Waals surface area contributed by atoms with Crippen molar-refractivity contribution in [1.29, 1.82) is 0 Å². The van der Waals surface area contributed by atoms with E-state index in [2.05, 4.69) is 41.6 Å². The van der Waals surface area contributed by atoms with E-state index < -0.39 is 0 Å². The number of fused-ring (bicyclic) bond motifs is 1. The Labute approximate surface area is 182 Å². The molecule has 0 fully saturated rings. The SMILES string of the molecule is COc1ccc(CNc2ccc(CCc3nnc4ccc(Br)cn34)nn2)c(OC)c1. The van der Waals surface area contributed by atoms with Gasteiger partial charge < -0.3 is 14.8 Å². The molecule has 154 valence electrons. The normalized spacial score (nSPS) is 10.9. The number of hydrogen-bond donors (Lipinski definition) is 1. The Bertz CT molecular complexity index is 1150. The Hall–Kier alpha value is -3.20. The highest BCUT2D eigenvalue weighted by molar-refractivity contribution is 9.10. The summed E-state index contributed by atoms with van der Waals surface area (Å²) in [7, 11) is 3.28. The molecule has 0 unspecified atom stereocenters. The van der Waals surface area contributed by atoms with Crippen molar-refractivity contribution in [3.8, 4) is 11.5 Å². The van der Waals surface area contributed by atoms with Gasteiger partial charge in [0.2, 0.25) is 0 Å². The quantitative estimate of drug-likeness (QED) is 0.421. The summed E-state index contributed by atoms with van der Waals surface area (Å²) in [5, 5.41) is 20.3. The lowest BCUT2D eigenvalue weighted by molar-refractivity contribution is 0.391. The smallest absolute Gasteiger partial charge is 0.160 e. The van der Waals surface area contributed by atoms with Crippen molar-refractivity contribution in [2.24, 2.45) is 0 Å². The monoisotopic (exact) mass is 468 g/mol. The van der Waals surface area contributed by atoms with Gasteiger partial charge in [0.15, 0.2) is 5.65 Å². The van der Waals surface area contributed by atoms with Gasteiger partial charge in [-0.1, -0.05) is 0 Å². The average molecular weight is 469 g/mol. The number of benzene rings is 1. The van der Waals surface area contributed by atoms with Gasteiger partial charge in [-0.15, -0.1) is 15.3 Å². The minimum atomic E-state index is 0.571. The van der Waals surface area contributed by atoms with Gasteiger partial charge in [-0.3, -0.25) is 4.40 Å². The molecule has 8 nitrogen and oxygen atoms in total. The van der Waals surface area contributed by atoms with Gasteiger partial charge in [-0.25, -0.2) is 0 Å². The van der Waals surface area contributed by atoms with Crippen LogP contribution < -0.4 is 14.8 Å². The number of nitrogens with zero attached hydrogens (tertiary/aromatic N) is 5. The number of ether oxygens (including phenoxy) is 2. The summed E-state index contributed by atoms with van der Waals surface area (Å²) in [6, 6.07) is 13.5. The van der Waals surface area contributed by atoms with E-state index in [0.29, 0.717) is 12.4 Å². The second-order valence-corrected chi connectivity index (χ2v) is 7.55. The van der Waals surface area contributed by atoms with E-state index >= 15 is 0 Å². The van der Waals surface area contributed by atoms with E-state index in [4.69, 9.17) is 9.47 Å². The predicted molar refractivity (Wildman–Crippen MR) is 117 cm³/mol. The van der Waals surface area contributed by atoms with Gasteiger partial charge in [0, 0.05) is 35.3 Å². The van der Waals surface area contributed by atoms with Gasteiger partial charge in [0.1, 0.15) is 23.1 Å². The third-order valence-electron chi connectivity index (χ3n) is 4.72. The van der Waals surface area contributed by atoms with Crippen LogP contribution in [0.25, 0.3) is 5.65 Å². The van der Waals surface area contributed by atoms with E-state index in [9.17, 15) is 0 Å². The lowest BCUT2D eigenvalue weighted by atomic mass is 10.2. The number of anilines is 1. The molecule has 0 bridgehead atoms. The molecule has 0 atom stereocenters. The van der Waals surface area contributed by atoms with Crippen LogP contribution >= 0.6 is 15.9 Å². The number of aromatic nitrogens is 5. The van der Waals surface area contributed by atoms with E-state index in [-0.39, 0.29) is 0 Å². The lowest BCUT2D eigenvalue weighted by Gasteiger charge is -2.11. The summed E-state index contributed by atoms with van der Waals surface area (Å²) >= 11 is 3.48. The molecule has 0 saturated carbocycles. The first-order chi connectivity index (χ1) is 14.7. The third-order valence-corrected chi connectivity index (χ3v) is 5.18. The maximum atomic E-state index is 5.43. The largest absolute Gasteiger partial charge is 0.497 e. The molecule has 4 aromatic rings. The van der Waals surface area contributed by atoms with Crippen LogP contribution in [0.5, 0.6) is 11.5 Å². The zero-order valence-corrected chi connectivity index (χ0v) is 18.3. The first kappa shape index (κ1) is 20.1. The number of pyridine rings is 1. The van der Waals surface area contributed by atoms with Crippen LogP contribution in [0.1, 0.15) is 17.1 Å². The third kappa shape index (κ3) is 4.51. The molecule has 4 rings (SSSR count). The number of aryl methyl sites for hydroxylation is 2. The Balaban J connectivity index is 1.37. The molecular formula is C21H21BrN6O2. The molecule has 0 saturated heterocycles. The fourth-order valence-corrected chi connectivity index (χ4v) is 3.43. The van der Waals surface area contributed by atoms with Crippen LogP contribution in [-0.4, -0.2) is 39.0 Å². The predicted octanol–water partition coefficient (Wildman–Crippen LogP) is 3.70. The van der Waals surface area contributed by atoms with E-state index in [1.54, 1.807) is 14.2 Å². The second kappa shape index (κ2) is 9.08. The van der Waals surface area contributed by atoms with Gasteiger partial charge >= 0.3 is 0 Å². The van der Waals surface area contributed by atoms with Crippen molar-refractivity contribution in [3.05, 3.63) is 70.2 Å². The van der Waals surface area contributed by atoms with Crippen molar-refractivity contribution in [2.45, 2.75) is 19.4 Å². The molecule has 1 aromatic carbocycles. The van der Waals surface area contributed by atoms with E-state index in [0.717, 1.165) is 51.5 Å². The maximum absolute atomic E-state index is 5.43. The zero-order valence-electron chi connectivity index (χ0n) is 16.7. The molecule has 1 N–H and O–H groups in total. The molecule has 0 aliphatic heterocycles. The Kier molecular flexibility index (Phi) is 6.08. The highest BCUT2D eigenvalue weighted by Crippen LogP contribution is 2.25. The molecular weight excluding hydrogens is 448 g/mol. The van der Waals surface area contributed by atoms with Crippen LogP contribution in [-0.2, 0) is 19.4 Å². The summed E-state index contributed by atoms with van der Waals surface area (Å²) in [5.41, 5.74) is 2.73. The molecule has 0 amide bonds. The standard InChI is InChI=1S/C21H21BrN6O2/c1-29-17-7-3-14(18(11-17)30-2)12-23-19-8-5-16(24-25-19)6-10-21-27-26-20-9-4-15(22)13-28(20)21/h3-5,7-9,11,13H,6,10,12H2,1-2H3,(H,23,25). The molecule has 0 aliphatic rings. The Morgan fingerprint density at radius 1 is 0.933 bits per heavy atom. The van der Waals surface area contributed by atoms with Crippen LogP contribution in [0, 0.1) is 0 Å².